The predicted molar refractivity (Wildman–Crippen MR) is 114 cm³/mol. The summed E-state index contributed by atoms with van der Waals surface area (Å²) in [7, 11) is -0.829. The van der Waals surface area contributed by atoms with E-state index in [-0.39, 0.29) is 18.3 Å². The molecule has 158 valence electrons. The van der Waals surface area contributed by atoms with Gasteiger partial charge in [-0.3, -0.25) is 9.10 Å². The summed E-state index contributed by atoms with van der Waals surface area (Å²) >= 11 is 0. The summed E-state index contributed by atoms with van der Waals surface area (Å²) in [5.41, 5.74) is 3.37. The van der Waals surface area contributed by atoms with Crippen molar-refractivity contribution in [1.29, 1.82) is 0 Å². The molecule has 0 bridgehead atoms. The van der Waals surface area contributed by atoms with E-state index in [0.717, 1.165) is 27.3 Å². The smallest absolute Gasteiger partial charge is 0.241 e. The number of methoxy groups -OCH3 is 2. The molecular formula is C21H28N2O5S. The van der Waals surface area contributed by atoms with Crippen LogP contribution >= 0.6 is 0 Å². The highest BCUT2D eigenvalue weighted by Gasteiger charge is 2.25. The average Bonchev–Trinajstić information content (AvgIpc) is 2.66. The van der Waals surface area contributed by atoms with E-state index in [1.165, 1.54) is 20.3 Å². The third-order valence-corrected chi connectivity index (χ3v) is 5.75. The minimum absolute atomic E-state index is 0.240. The van der Waals surface area contributed by atoms with Gasteiger partial charge in [0.15, 0.2) is 0 Å². The Balaban J connectivity index is 2.30. The number of amides is 1. The molecule has 0 saturated carbocycles. The second-order valence-electron chi connectivity index (χ2n) is 6.96. The molecule has 0 aliphatic carbocycles. The van der Waals surface area contributed by atoms with E-state index in [4.69, 9.17) is 9.47 Å². The molecule has 1 atom stereocenters. The second kappa shape index (κ2) is 9.17. The molecule has 1 amide bonds. The highest BCUT2D eigenvalue weighted by Crippen LogP contribution is 2.33. The van der Waals surface area contributed by atoms with E-state index in [1.54, 1.807) is 12.1 Å². The molecule has 2 aromatic rings. The Kier molecular flexibility index (Phi) is 7.13. The molecule has 0 spiro atoms. The summed E-state index contributed by atoms with van der Waals surface area (Å²) in [5, 5.41) is 2.89. The maximum atomic E-state index is 12.7. The Morgan fingerprint density at radius 1 is 1.10 bits per heavy atom. The quantitative estimate of drug-likeness (QED) is 0.710. The van der Waals surface area contributed by atoms with Crippen molar-refractivity contribution in [1.82, 2.24) is 5.32 Å². The maximum absolute atomic E-state index is 12.7. The normalized spacial score (nSPS) is 12.2. The van der Waals surface area contributed by atoms with Crippen molar-refractivity contribution in [2.75, 3.05) is 31.3 Å². The van der Waals surface area contributed by atoms with Gasteiger partial charge in [0, 0.05) is 6.07 Å². The number of benzene rings is 2. The number of carbonyl (C=O) groups is 1. The lowest BCUT2D eigenvalue weighted by molar-refractivity contribution is -0.120. The van der Waals surface area contributed by atoms with Gasteiger partial charge in [-0.25, -0.2) is 8.42 Å². The van der Waals surface area contributed by atoms with Gasteiger partial charge < -0.3 is 14.8 Å². The van der Waals surface area contributed by atoms with E-state index in [0.29, 0.717) is 11.5 Å². The number of carbonyl (C=O) groups excluding carboxylic acids is 1. The first-order valence-electron chi connectivity index (χ1n) is 9.13. The first-order valence-corrected chi connectivity index (χ1v) is 11.0. The Morgan fingerprint density at radius 3 is 2.38 bits per heavy atom. The molecule has 1 N–H and O–H groups in total. The zero-order chi connectivity index (χ0) is 21.8. The van der Waals surface area contributed by atoms with E-state index < -0.39 is 15.9 Å². The average molecular weight is 421 g/mol. The van der Waals surface area contributed by atoms with Crippen LogP contribution in [0.1, 0.15) is 29.7 Å². The largest absolute Gasteiger partial charge is 0.497 e. The monoisotopic (exact) mass is 420 g/mol. The van der Waals surface area contributed by atoms with Crippen LogP contribution in [0.5, 0.6) is 11.5 Å². The summed E-state index contributed by atoms with van der Waals surface area (Å²) in [4.78, 5) is 12.7. The molecule has 0 aliphatic heterocycles. The Morgan fingerprint density at radius 2 is 1.79 bits per heavy atom. The van der Waals surface area contributed by atoms with Crippen molar-refractivity contribution < 1.29 is 22.7 Å². The fraction of sp³-hybridized carbons (Fsp3) is 0.381. The van der Waals surface area contributed by atoms with Crippen molar-refractivity contribution in [3.8, 4) is 11.5 Å². The van der Waals surface area contributed by atoms with Crippen LogP contribution in [0.3, 0.4) is 0 Å². The molecule has 8 heteroatoms. The molecule has 0 unspecified atom stereocenters. The van der Waals surface area contributed by atoms with Crippen LogP contribution in [0.4, 0.5) is 5.69 Å². The number of nitrogens with one attached hydrogen (secondary N) is 1. The highest BCUT2D eigenvalue weighted by molar-refractivity contribution is 7.92. The number of hydrogen-bond donors (Lipinski definition) is 1. The lowest BCUT2D eigenvalue weighted by Gasteiger charge is -2.25. The second-order valence-corrected chi connectivity index (χ2v) is 8.86. The highest BCUT2D eigenvalue weighted by atomic mass is 32.2. The lowest BCUT2D eigenvalue weighted by Crippen LogP contribution is -2.41. The summed E-state index contributed by atoms with van der Waals surface area (Å²) < 4.78 is 36.4. The topological polar surface area (TPSA) is 84.9 Å². The van der Waals surface area contributed by atoms with Crippen molar-refractivity contribution in [3.63, 3.8) is 0 Å². The molecule has 0 aromatic heterocycles. The number of nitrogens with zero attached hydrogens (tertiary/aromatic N) is 1. The number of anilines is 1. The Bertz CT molecular complexity index is 989. The maximum Gasteiger partial charge on any atom is 0.241 e. The molecule has 0 heterocycles. The van der Waals surface area contributed by atoms with E-state index >= 15 is 0 Å². The molecule has 0 fully saturated rings. The summed E-state index contributed by atoms with van der Waals surface area (Å²) in [6.07, 6.45) is 1.05. The van der Waals surface area contributed by atoms with Crippen LogP contribution in [-0.2, 0) is 14.8 Å². The van der Waals surface area contributed by atoms with Crippen LogP contribution in [0.2, 0.25) is 0 Å². The van der Waals surface area contributed by atoms with Crippen LogP contribution < -0.4 is 19.1 Å². The zero-order valence-electron chi connectivity index (χ0n) is 17.6. The molecule has 0 aliphatic rings. The van der Waals surface area contributed by atoms with Crippen LogP contribution in [-0.4, -0.2) is 41.3 Å². The van der Waals surface area contributed by atoms with Crippen molar-refractivity contribution in [3.05, 3.63) is 53.1 Å². The molecule has 29 heavy (non-hydrogen) atoms. The van der Waals surface area contributed by atoms with Crippen LogP contribution in [0.25, 0.3) is 0 Å². The predicted octanol–water partition coefficient (Wildman–Crippen LogP) is 2.96. The zero-order valence-corrected chi connectivity index (χ0v) is 18.5. The summed E-state index contributed by atoms with van der Waals surface area (Å²) in [6.45, 7) is 5.45. The molecule has 2 aromatic carbocycles. The Hall–Kier alpha value is -2.74. The van der Waals surface area contributed by atoms with Gasteiger partial charge >= 0.3 is 0 Å². The SMILES string of the molecule is COc1ccc(OC)c(N(CC(=O)N[C@H](C)c2cc(C)ccc2C)S(C)(=O)=O)c1. The Labute approximate surface area is 172 Å². The molecule has 7 nitrogen and oxygen atoms in total. The molecule has 2 rings (SSSR count). The molecular weight excluding hydrogens is 392 g/mol. The van der Waals surface area contributed by atoms with E-state index in [2.05, 4.69) is 5.32 Å². The standard InChI is InChI=1S/C21H28N2O5S/c1-14-7-8-15(2)18(11-14)16(3)22-21(24)13-23(29(6,25)26)19-12-17(27-4)9-10-20(19)28-5/h7-12,16H,13H2,1-6H3,(H,22,24)/t16-/m1/s1. The number of ether oxygens (including phenoxy) is 2. The molecule has 0 saturated heterocycles. The number of sulfonamides is 1. The summed E-state index contributed by atoms with van der Waals surface area (Å²) in [6, 6.07) is 10.5. The molecule has 0 radical (unpaired) electrons. The van der Waals surface area contributed by atoms with Crippen molar-refractivity contribution in [2.45, 2.75) is 26.8 Å². The van der Waals surface area contributed by atoms with Crippen LogP contribution in [0, 0.1) is 13.8 Å². The van der Waals surface area contributed by atoms with E-state index in [1.807, 2.05) is 39.0 Å². The van der Waals surface area contributed by atoms with E-state index in [9.17, 15) is 13.2 Å². The third-order valence-electron chi connectivity index (χ3n) is 4.62. The third kappa shape index (κ3) is 5.63. The van der Waals surface area contributed by atoms with Gasteiger partial charge in [-0.1, -0.05) is 23.8 Å². The van der Waals surface area contributed by atoms with Gasteiger partial charge in [0.25, 0.3) is 0 Å². The number of hydrogen-bond acceptors (Lipinski definition) is 5. The van der Waals surface area contributed by atoms with Gasteiger partial charge in [0.2, 0.25) is 15.9 Å². The van der Waals surface area contributed by atoms with Crippen LogP contribution in [0.15, 0.2) is 36.4 Å². The first-order chi connectivity index (χ1) is 13.6. The first kappa shape index (κ1) is 22.5. The van der Waals surface area contributed by atoms with Gasteiger partial charge in [0.1, 0.15) is 18.0 Å². The fourth-order valence-corrected chi connectivity index (χ4v) is 3.95. The minimum Gasteiger partial charge on any atom is -0.497 e. The van der Waals surface area contributed by atoms with Crippen molar-refractivity contribution >= 4 is 21.6 Å². The number of aryl methyl sites for hydroxylation is 2. The van der Waals surface area contributed by atoms with Gasteiger partial charge in [-0.05, 0) is 44.0 Å². The lowest BCUT2D eigenvalue weighted by atomic mass is 10.00. The fourth-order valence-electron chi connectivity index (χ4n) is 3.09. The van der Waals surface area contributed by atoms with Gasteiger partial charge in [0.05, 0.1) is 32.2 Å². The van der Waals surface area contributed by atoms with Gasteiger partial charge in [-0.15, -0.1) is 0 Å². The van der Waals surface area contributed by atoms with Crippen molar-refractivity contribution in [2.24, 2.45) is 0 Å². The minimum atomic E-state index is -3.75. The number of rotatable bonds is 8. The summed E-state index contributed by atoms with van der Waals surface area (Å²) in [5.74, 6) is 0.360. The van der Waals surface area contributed by atoms with Gasteiger partial charge in [-0.2, -0.15) is 0 Å².